The van der Waals surface area contributed by atoms with Crippen molar-refractivity contribution in [2.45, 2.75) is 19.8 Å². The molecule has 1 unspecified atom stereocenters. The zero-order chi connectivity index (χ0) is 10.2. The van der Waals surface area contributed by atoms with Crippen LogP contribution < -0.4 is 0 Å². The summed E-state index contributed by atoms with van der Waals surface area (Å²) in [5, 5.41) is 3.34. The zero-order valence-electron chi connectivity index (χ0n) is 8.73. The Labute approximate surface area is 99.1 Å². The molecule has 0 N–H and O–H groups in total. The maximum Gasteiger partial charge on any atom is 0.0961 e. The fourth-order valence-corrected chi connectivity index (χ4v) is 3.79. The Kier molecular flexibility index (Phi) is 6.73. The molecule has 4 heteroatoms. The summed E-state index contributed by atoms with van der Waals surface area (Å²) in [6.45, 7) is 4.48. The molecule has 1 nitrogen and oxygen atoms in total. The van der Waals surface area contributed by atoms with Crippen LogP contribution in [0.3, 0.4) is 0 Å². The van der Waals surface area contributed by atoms with E-state index in [9.17, 15) is 0 Å². The normalized spacial score (nSPS) is 13.0. The van der Waals surface area contributed by atoms with Crippen LogP contribution in [0.4, 0.5) is 0 Å². The molecule has 0 aliphatic carbocycles. The lowest BCUT2D eigenvalue weighted by atomic mass is 10.2. The number of rotatable bonds is 7. The van der Waals surface area contributed by atoms with Gasteiger partial charge in [0.05, 0.1) is 5.01 Å². The van der Waals surface area contributed by atoms with Crippen molar-refractivity contribution in [1.82, 2.24) is 4.98 Å². The third-order valence-corrected chi connectivity index (χ3v) is 5.21. The van der Waals surface area contributed by atoms with Crippen molar-refractivity contribution in [1.29, 1.82) is 0 Å². The second-order valence-corrected chi connectivity index (χ2v) is 6.51. The van der Waals surface area contributed by atoms with Crippen molar-refractivity contribution in [3.63, 3.8) is 0 Å². The number of hydrogen-bond acceptors (Lipinski definition) is 4. The van der Waals surface area contributed by atoms with Crippen molar-refractivity contribution in [3.8, 4) is 0 Å². The van der Waals surface area contributed by atoms with E-state index in [-0.39, 0.29) is 0 Å². The molecule has 0 radical (unpaired) electrons. The Morgan fingerprint density at radius 2 is 2.21 bits per heavy atom. The van der Waals surface area contributed by atoms with Gasteiger partial charge in [-0.1, -0.05) is 13.8 Å². The van der Waals surface area contributed by atoms with Crippen molar-refractivity contribution in [2.75, 3.05) is 23.0 Å². The average molecular weight is 247 g/mol. The fraction of sp³-hybridized carbons (Fsp3) is 0.700. The molecule has 1 heterocycles. The molecule has 0 saturated heterocycles. The highest BCUT2D eigenvalue weighted by Gasteiger charge is 2.07. The highest BCUT2D eigenvalue weighted by molar-refractivity contribution is 8.02. The van der Waals surface area contributed by atoms with E-state index in [1.165, 1.54) is 28.0 Å². The lowest BCUT2D eigenvalue weighted by molar-refractivity contribution is 0.866. The minimum atomic E-state index is 0.617. The van der Waals surface area contributed by atoms with E-state index in [1.54, 1.807) is 11.3 Å². The standard InChI is InChI=1S/C10H17NS3/c1-3-12-6-7-13-8-9(2)10-11-4-5-14-10/h4-5,9H,3,6-8H2,1-2H3. The quantitative estimate of drug-likeness (QED) is 0.681. The molecule has 1 atom stereocenters. The SMILES string of the molecule is CCSCCSCC(C)c1nccs1. The maximum absolute atomic E-state index is 4.33. The van der Waals surface area contributed by atoms with Gasteiger partial charge in [0.25, 0.3) is 0 Å². The van der Waals surface area contributed by atoms with Crippen LogP contribution in [0.2, 0.25) is 0 Å². The number of hydrogen-bond donors (Lipinski definition) is 0. The van der Waals surface area contributed by atoms with Crippen molar-refractivity contribution in [2.24, 2.45) is 0 Å². The first kappa shape index (κ1) is 12.4. The highest BCUT2D eigenvalue weighted by atomic mass is 32.2. The van der Waals surface area contributed by atoms with E-state index < -0.39 is 0 Å². The molecule has 0 amide bonds. The molecule has 1 aromatic heterocycles. The van der Waals surface area contributed by atoms with Crippen LogP contribution in [-0.4, -0.2) is 28.0 Å². The summed E-state index contributed by atoms with van der Waals surface area (Å²) in [6.07, 6.45) is 1.90. The second kappa shape index (κ2) is 7.60. The minimum absolute atomic E-state index is 0.617. The van der Waals surface area contributed by atoms with Gasteiger partial charge in [-0.15, -0.1) is 11.3 Å². The van der Waals surface area contributed by atoms with Gasteiger partial charge in [0.15, 0.2) is 0 Å². The summed E-state index contributed by atoms with van der Waals surface area (Å²) in [5.41, 5.74) is 0. The zero-order valence-corrected chi connectivity index (χ0v) is 11.2. The van der Waals surface area contributed by atoms with Gasteiger partial charge in [-0.3, -0.25) is 0 Å². The van der Waals surface area contributed by atoms with Crippen molar-refractivity contribution in [3.05, 3.63) is 16.6 Å². The van der Waals surface area contributed by atoms with Gasteiger partial charge in [0.2, 0.25) is 0 Å². The van der Waals surface area contributed by atoms with Crippen LogP contribution in [0.15, 0.2) is 11.6 Å². The van der Waals surface area contributed by atoms with E-state index in [4.69, 9.17) is 0 Å². The topological polar surface area (TPSA) is 12.9 Å². The van der Waals surface area contributed by atoms with E-state index in [1.807, 2.05) is 29.7 Å². The monoisotopic (exact) mass is 247 g/mol. The molecule has 0 aliphatic rings. The fourth-order valence-electron chi connectivity index (χ4n) is 1.07. The molecular weight excluding hydrogens is 230 g/mol. The molecule has 14 heavy (non-hydrogen) atoms. The largest absolute Gasteiger partial charge is 0.249 e. The Bertz CT molecular complexity index is 223. The Morgan fingerprint density at radius 3 is 2.86 bits per heavy atom. The molecule has 0 bridgehead atoms. The first-order valence-electron chi connectivity index (χ1n) is 4.89. The predicted octanol–water partition coefficient (Wildman–Crippen LogP) is 3.73. The predicted molar refractivity (Wildman–Crippen MR) is 70.9 cm³/mol. The molecule has 0 spiro atoms. The average Bonchev–Trinajstić information content (AvgIpc) is 2.70. The first-order valence-corrected chi connectivity index (χ1v) is 8.08. The van der Waals surface area contributed by atoms with Crippen molar-refractivity contribution < 1.29 is 0 Å². The molecule has 1 rings (SSSR count). The summed E-state index contributed by atoms with van der Waals surface area (Å²) in [6, 6.07) is 0. The van der Waals surface area contributed by atoms with Crippen molar-refractivity contribution >= 4 is 34.9 Å². The van der Waals surface area contributed by atoms with Gasteiger partial charge in [-0.05, 0) is 5.75 Å². The molecule has 0 aliphatic heterocycles. The Balaban J connectivity index is 2.07. The van der Waals surface area contributed by atoms with Gasteiger partial charge in [-0.25, -0.2) is 4.98 Å². The maximum atomic E-state index is 4.33. The number of thioether (sulfide) groups is 2. The number of thiazole rings is 1. The van der Waals surface area contributed by atoms with Crippen LogP contribution in [0.25, 0.3) is 0 Å². The summed E-state index contributed by atoms with van der Waals surface area (Å²) in [4.78, 5) is 4.33. The van der Waals surface area contributed by atoms with Crippen LogP contribution >= 0.6 is 34.9 Å². The number of aromatic nitrogens is 1. The molecule has 1 aromatic rings. The van der Waals surface area contributed by atoms with Gasteiger partial charge >= 0.3 is 0 Å². The van der Waals surface area contributed by atoms with E-state index in [2.05, 4.69) is 24.2 Å². The summed E-state index contributed by atoms with van der Waals surface area (Å²) in [5.74, 6) is 5.62. The molecule has 0 saturated carbocycles. The third-order valence-electron chi connectivity index (χ3n) is 1.82. The van der Waals surface area contributed by atoms with E-state index >= 15 is 0 Å². The molecule has 0 fully saturated rings. The third kappa shape index (κ3) is 4.71. The smallest absolute Gasteiger partial charge is 0.0961 e. The van der Waals surface area contributed by atoms with E-state index in [0.717, 1.165) is 0 Å². The lowest BCUT2D eigenvalue weighted by Gasteiger charge is -2.07. The lowest BCUT2D eigenvalue weighted by Crippen LogP contribution is -1.97. The molecule has 80 valence electrons. The van der Waals surface area contributed by atoms with Crippen LogP contribution in [0.5, 0.6) is 0 Å². The van der Waals surface area contributed by atoms with Gasteiger partial charge in [-0.2, -0.15) is 23.5 Å². The Morgan fingerprint density at radius 1 is 1.43 bits per heavy atom. The van der Waals surface area contributed by atoms with Crippen LogP contribution in [0, 0.1) is 0 Å². The van der Waals surface area contributed by atoms with E-state index in [0.29, 0.717) is 5.92 Å². The summed E-state index contributed by atoms with van der Waals surface area (Å²) in [7, 11) is 0. The summed E-state index contributed by atoms with van der Waals surface area (Å²) < 4.78 is 0. The van der Waals surface area contributed by atoms with Crippen LogP contribution in [0.1, 0.15) is 24.8 Å². The molecule has 0 aromatic carbocycles. The minimum Gasteiger partial charge on any atom is -0.249 e. The Hall–Kier alpha value is 0.330. The van der Waals surface area contributed by atoms with Gasteiger partial charge < -0.3 is 0 Å². The van der Waals surface area contributed by atoms with Crippen LogP contribution in [-0.2, 0) is 0 Å². The second-order valence-electron chi connectivity index (χ2n) is 3.04. The first-order chi connectivity index (χ1) is 6.84. The highest BCUT2D eigenvalue weighted by Crippen LogP contribution is 2.22. The summed E-state index contributed by atoms with van der Waals surface area (Å²) >= 11 is 5.84. The van der Waals surface area contributed by atoms with Gasteiger partial charge in [0.1, 0.15) is 0 Å². The molecular formula is C10H17NS3. The number of nitrogens with zero attached hydrogens (tertiary/aromatic N) is 1. The van der Waals surface area contributed by atoms with Gasteiger partial charge in [0, 0.05) is 34.8 Å².